The Balaban J connectivity index is 1.73. The van der Waals surface area contributed by atoms with E-state index in [0.29, 0.717) is 12.1 Å². The second-order valence-electron chi connectivity index (χ2n) is 5.69. The molecule has 23 heavy (non-hydrogen) atoms. The quantitative estimate of drug-likeness (QED) is 0.740. The fraction of sp³-hybridized carbons (Fsp3) is 0.235. The number of carbonyl (C=O) groups is 1. The lowest BCUT2D eigenvalue weighted by Crippen LogP contribution is -2.26. The van der Waals surface area contributed by atoms with Gasteiger partial charge in [-0.15, -0.1) is 0 Å². The summed E-state index contributed by atoms with van der Waals surface area (Å²) in [6, 6.07) is 7.54. The van der Waals surface area contributed by atoms with Crippen molar-refractivity contribution in [1.29, 1.82) is 0 Å². The highest BCUT2D eigenvalue weighted by Gasteiger charge is 2.13. The lowest BCUT2D eigenvalue weighted by atomic mass is 10.2. The Morgan fingerprint density at radius 2 is 1.96 bits per heavy atom. The van der Waals surface area contributed by atoms with Crippen LogP contribution in [0.4, 0.5) is 5.82 Å². The summed E-state index contributed by atoms with van der Waals surface area (Å²) in [4.78, 5) is 24.8. The maximum absolute atomic E-state index is 12.5. The zero-order chi connectivity index (χ0) is 16.4. The first-order valence-electron chi connectivity index (χ1n) is 7.35. The van der Waals surface area contributed by atoms with Crippen LogP contribution in [0.2, 0.25) is 0 Å². The summed E-state index contributed by atoms with van der Waals surface area (Å²) in [5, 5.41) is 0. The lowest BCUT2D eigenvalue weighted by molar-refractivity contribution is 0.0785. The monoisotopic (exact) mass is 309 g/mol. The largest absolute Gasteiger partial charge is 0.363 e. The van der Waals surface area contributed by atoms with E-state index < -0.39 is 0 Å². The van der Waals surface area contributed by atoms with Crippen LogP contribution in [0.1, 0.15) is 15.9 Å². The predicted molar refractivity (Wildman–Crippen MR) is 89.6 cm³/mol. The van der Waals surface area contributed by atoms with E-state index >= 15 is 0 Å². The molecule has 0 unspecified atom stereocenters. The van der Waals surface area contributed by atoms with Gasteiger partial charge in [0.2, 0.25) is 0 Å². The van der Waals surface area contributed by atoms with Gasteiger partial charge >= 0.3 is 0 Å². The molecule has 0 aliphatic heterocycles. The maximum Gasteiger partial charge on any atom is 0.254 e. The van der Waals surface area contributed by atoms with Gasteiger partial charge < -0.3 is 14.2 Å². The van der Waals surface area contributed by atoms with Crippen LogP contribution in [-0.2, 0) is 6.54 Å². The summed E-state index contributed by atoms with van der Waals surface area (Å²) in [5.74, 6) is 0.861. The van der Waals surface area contributed by atoms with Gasteiger partial charge in [-0.05, 0) is 23.8 Å². The van der Waals surface area contributed by atoms with Crippen LogP contribution in [0, 0.1) is 0 Å². The van der Waals surface area contributed by atoms with Gasteiger partial charge in [-0.25, -0.2) is 9.97 Å². The lowest BCUT2D eigenvalue weighted by Gasteiger charge is -2.18. The zero-order valence-electron chi connectivity index (χ0n) is 13.5. The number of amides is 1. The molecule has 3 aromatic rings. The first kappa shape index (κ1) is 15.0. The van der Waals surface area contributed by atoms with Crippen molar-refractivity contribution in [2.24, 2.45) is 0 Å². The molecule has 1 amide bonds. The van der Waals surface area contributed by atoms with Crippen molar-refractivity contribution in [3.63, 3.8) is 0 Å². The van der Waals surface area contributed by atoms with Crippen molar-refractivity contribution in [3.05, 3.63) is 60.2 Å². The molecule has 3 heterocycles. The minimum absolute atomic E-state index is 0.0350. The molecule has 6 nitrogen and oxygen atoms in total. The van der Waals surface area contributed by atoms with Crippen LogP contribution >= 0.6 is 0 Å². The summed E-state index contributed by atoms with van der Waals surface area (Å²) >= 11 is 0. The number of carbonyl (C=O) groups excluding carboxylic acids is 1. The van der Waals surface area contributed by atoms with Crippen LogP contribution in [-0.4, -0.2) is 46.3 Å². The second-order valence-corrected chi connectivity index (χ2v) is 5.69. The standard InChI is InChI=1S/C17H19N5O/c1-20(2)15-5-4-13(11-19-15)12-21(3)17(23)14-6-8-22-9-7-18-16(22)10-14/h4-11H,12H2,1-3H3. The number of anilines is 1. The molecule has 3 rings (SSSR count). The van der Waals surface area contributed by atoms with E-state index in [1.165, 1.54) is 0 Å². The number of hydrogen-bond acceptors (Lipinski definition) is 4. The van der Waals surface area contributed by atoms with E-state index in [-0.39, 0.29) is 5.91 Å². The second kappa shape index (κ2) is 6.08. The van der Waals surface area contributed by atoms with E-state index in [9.17, 15) is 4.79 Å². The van der Waals surface area contributed by atoms with Crippen molar-refractivity contribution in [3.8, 4) is 0 Å². The summed E-state index contributed by atoms with van der Waals surface area (Å²) in [5.41, 5.74) is 2.39. The summed E-state index contributed by atoms with van der Waals surface area (Å²) in [6.45, 7) is 0.513. The molecule has 3 aromatic heterocycles. The molecular formula is C17H19N5O. The molecule has 118 valence electrons. The van der Waals surface area contributed by atoms with Crippen molar-refractivity contribution in [2.75, 3.05) is 26.0 Å². The predicted octanol–water partition coefficient (Wildman–Crippen LogP) is 2.07. The average molecular weight is 309 g/mol. The number of nitrogens with zero attached hydrogens (tertiary/aromatic N) is 5. The van der Waals surface area contributed by atoms with Gasteiger partial charge in [-0.1, -0.05) is 6.07 Å². The van der Waals surface area contributed by atoms with E-state index in [1.807, 2.05) is 47.9 Å². The number of pyridine rings is 2. The van der Waals surface area contributed by atoms with Crippen LogP contribution in [0.15, 0.2) is 49.1 Å². The van der Waals surface area contributed by atoms with Crippen molar-refractivity contribution in [1.82, 2.24) is 19.3 Å². The molecule has 0 aromatic carbocycles. The number of rotatable bonds is 4. The van der Waals surface area contributed by atoms with Crippen molar-refractivity contribution in [2.45, 2.75) is 6.54 Å². The van der Waals surface area contributed by atoms with Crippen LogP contribution < -0.4 is 4.90 Å². The fourth-order valence-electron chi connectivity index (χ4n) is 2.38. The third-order valence-electron chi connectivity index (χ3n) is 3.68. The summed E-state index contributed by atoms with van der Waals surface area (Å²) in [7, 11) is 5.69. The van der Waals surface area contributed by atoms with E-state index in [4.69, 9.17) is 0 Å². The number of imidazole rings is 1. The summed E-state index contributed by atoms with van der Waals surface area (Å²) < 4.78 is 1.88. The Hall–Kier alpha value is -2.89. The Bertz CT molecular complexity index is 822. The molecule has 0 aliphatic rings. The molecule has 0 saturated carbocycles. The smallest absolute Gasteiger partial charge is 0.254 e. The molecule has 0 N–H and O–H groups in total. The fourth-order valence-corrected chi connectivity index (χ4v) is 2.38. The number of hydrogen-bond donors (Lipinski definition) is 0. The first-order valence-corrected chi connectivity index (χ1v) is 7.35. The highest BCUT2D eigenvalue weighted by Crippen LogP contribution is 2.12. The van der Waals surface area contributed by atoms with Gasteiger partial charge in [0.15, 0.2) is 0 Å². The van der Waals surface area contributed by atoms with Gasteiger partial charge in [-0.2, -0.15) is 0 Å². The van der Waals surface area contributed by atoms with E-state index in [0.717, 1.165) is 17.0 Å². The van der Waals surface area contributed by atoms with Gasteiger partial charge in [0.05, 0.1) is 0 Å². The number of aromatic nitrogens is 3. The minimum Gasteiger partial charge on any atom is -0.363 e. The van der Waals surface area contributed by atoms with Crippen LogP contribution in [0.5, 0.6) is 0 Å². The average Bonchev–Trinajstić information content (AvgIpc) is 3.02. The van der Waals surface area contributed by atoms with Gasteiger partial charge in [0, 0.05) is 58.0 Å². The molecule has 0 atom stereocenters. The van der Waals surface area contributed by atoms with Gasteiger partial charge in [0.1, 0.15) is 11.5 Å². The zero-order valence-corrected chi connectivity index (χ0v) is 13.5. The molecule has 0 radical (unpaired) electrons. The van der Waals surface area contributed by atoms with Crippen molar-refractivity contribution >= 4 is 17.4 Å². The maximum atomic E-state index is 12.5. The third-order valence-corrected chi connectivity index (χ3v) is 3.68. The van der Waals surface area contributed by atoms with Gasteiger partial charge in [0.25, 0.3) is 5.91 Å². The third kappa shape index (κ3) is 3.15. The Kier molecular flexibility index (Phi) is 3.97. The molecule has 6 heteroatoms. The molecule has 0 fully saturated rings. The van der Waals surface area contributed by atoms with Crippen LogP contribution in [0.3, 0.4) is 0 Å². The Labute approximate surface area is 135 Å². The normalized spacial score (nSPS) is 10.7. The Morgan fingerprint density at radius 3 is 2.65 bits per heavy atom. The van der Waals surface area contributed by atoms with Crippen LogP contribution in [0.25, 0.3) is 5.65 Å². The molecule has 0 spiro atoms. The topological polar surface area (TPSA) is 53.7 Å². The highest BCUT2D eigenvalue weighted by atomic mass is 16.2. The minimum atomic E-state index is -0.0350. The van der Waals surface area contributed by atoms with E-state index in [2.05, 4.69) is 9.97 Å². The number of fused-ring (bicyclic) bond motifs is 1. The van der Waals surface area contributed by atoms with Crippen molar-refractivity contribution < 1.29 is 4.79 Å². The van der Waals surface area contributed by atoms with Gasteiger partial charge in [-0.3, -0.25) is 4.79 Å². The summed E-state index contributed by atoms with van der Waals surface area (Å²) in [6.07, 6.45) is 7.21. The molecule has 0 bridgehead atoms. The van der Waals surface area contributed by atoms with E-state index in [1.54, 1.807) is 36.5 Å². The molecule has 0 aliphatic carbocycles. The SMILES string of the molecule is CN(Cc1ccc(N(C)C)nc1)C(=O)c1ccn2ccnc2c1. The Morgan fingerprint density at radius 1 is 1.13 bits per heavy atom. The first-order chi connectivity index (χ1) is 11.0. The molecule has 0 saturated heterocycles. The molecular weight excluding hydrogens is 290 g/mol. The highest BCUT2D eigenvalue weighted by molar-refractivity contribution is 5.94.